The Morgan fingerprint density at radius 3 is 2.52 bits per heavy atom. The van der Waals surface area contributed by atoms with Crippen LogP contribution in [-0.2, 0) is 23.8 Å². The van der Waals surface area contributed by atoms with E-state index in [1.54, 1.807) is 4.57 Å². The number of hydrogen-bond acceptors (Lipinski definition) is 10. The average molecular weight is 444 g/mol. The summed E-state index contributed by atoms with van der Waals surface area (Å²) in [6.45, 7) is 1.85. The molecule has 0 aliphatic carbocycles. The molecule has 0 spiro atoms. The van der Waals surface area contributed by atoms with Crippen LogP contribution in [0, 0.1) is 0 Å². The summed E-state index contributed by atoms with van der Waals surface area (Å²) in [7, 11) is 0. The normalized spacial score (nSPS) is 24.1. The van der Waals surface area contributed by atoms with E-state index in [9.17, 15) is 14.7 Å². The number of nitrogen functional groups attached to an aromatic ring is 1. The van der Waals surface area contributed by atoms with Crippen LogP contribution in [0.2, 0.25) is 0 Å². The van der Waals surface area contributed by atoms with E-state index in [1.807, 2.05) is 0 Å². The van der Waals surface area contributed by atoms with Gasteiger partial charge in [-0.15, -0.1) is 0 Å². The number of fused-ring (bicyclic) bond motifs is 1. The first-order valence-electron chi connectivity index (χ1n) is 7.95. The first-order valence-corrected chi connectivity index (χ1v) is 8.86. The highest BCUT2D eigenvalue weighted by atomic mass is 79.9. The fraction of sp³-hybridized carbons (Fsp3) is 0.533. The Bertz CT molecular complexity index is 855. The molecule has 2 aromatic rings. The Labute approximate surface area is 162 Å². The van der Waals surface area contributed by atoms with Gasteiger partial charge in [-0.25, -0.2) is 15.0 Å². The molecule has 1 aliphatic rings. The van der Waals surface area contributed by atoms with Gasteiger partial charge in [-0.1, -0.05) is 15.9 Å². The number of rotatable bonds is 5. The molecule has 0 unspecified atom stereocenters. The molecular weight excluding hydrogens is 426 g/mol. The number of carbonyl (C=O) groups is 2. The van der Waals surface area contributed by atoms with E-state index in [4.69, 9.17) is 19.9 Å². The van der Waals surface area contributed by atoms with E-state index < -0.39 is 34.7 Å². The van der Waals surface area contributed by atoms with Crippen molar-refractivity contribution in [2.75, 3.05) is 18.9 Å². The molecule has 0 amide bonds. The van der Waals surface area contributed by atoms with Crippen LogP contribution in [0.25, 0.3) is 11.2 Å². The number of anilines is 1. The quantitative estimate of drug-likeness (QED) is 0.473. The van der Waals surface area contributed by atoms with Crippen LogP contribution in [0.15, 0.2) is 12.7 Å². The Hall–Kier alpha value is -2.31. The van der Waals surface area contributed by atoms with Gasteiger partial charge in [0.15, 0.2) is 23.3 Å². The van der Waals surface area contributed by atoms with Gasteiger partial charge in [0.2, 0.25) is 0 Å². The van der Waals surface area contributed by atoms with Crippen LogP contribution >= 0.6 is 15.9 Å². The van der Waals surface area contributed by atoms with Crippen LogP contribution in [-0.4, -0.2) is 66.3 Å². The molecule has 146 valence electrons. The van der Waals surface area contributed by atoms with Crippen LogP contribution in [0.4, 0.5) is 5.82 Å². The number of aliphatic hydroxyl groups excluding tert-OH is 1. The number of aromatic nitrogens is 4. The molecule has 1 fully saturated rings. The summed E-state index contributed by atoms with van der Waals surface area (Å²) >= 11 is 3.41. The van der Waals surface area contributed by atoms with Crippen molar-refractivity contribution in [3.05, 3.63) is 12.7 Å². The van der Waals surface area contributed by atoms with Crippen LogP contribution in [0.3, 0.4) is 0 Å². The van der Waals surface area contributed by atoms with Crippen molar-refractivity contribution in [2.45, 2.75) is 36.6 Å². The second kappa shape index (κ2) is 7.37. The van der Waals surface area contributed by atoms with Gasteiger partial charge < -0.3 is 25.1 Å². The van der Waals surface area contributed by atoms with Crippen LogP contribution in [0.5, 0.6) is 0 Å². The highest BCUT2D eigenvalue weighted by Crippen LogP contribution is 2.42. The lowest BCUT2D eigenvalue weighted by molar-refractivity contribution is -0.183. The Balaban J connectivity index is 1.96. The lowest BCUT2D eigenvalue weighted by Crippen LogP contribution is -2.50. The summed E-state index contributed by atoms with van der Waals surface area (Å²) in [5, 5.41) is 10.8. The van der Waals surface area contributed by atoms with Crippen molar-refractivity contribution in [1.82, 2.24) is 19.5 Å². The van der Waals surface area contributed by atoms with Crippen LogP contribution < -0.4 is 5.73 Å². The molecule has 0 bridgehead atoms. The third-order valence-corrected chi connectivity index (χ3v) is 5.12. The lowest BCUT2D eigenvalue weighted by atomic mass is 9.98. The number of hydrogen-bond donors (Lipinski definition) is 2. The van der Waals surface area contributed by atoms with Crippen molar-refractivity contribution in [2.24, 2.45) is 0 Å². The molecule has 0 aromatic carbocycles. The predicted molar refractivity (Wildman–Crippen MR) is 94.6 cm³/mol. The molecule has 0 saturated carbocycles. The SMILES string of the molecule is CC(=O)OCC1(COC(C)=O)O[C@@H](n2cnc3c(N)ncnc32)[C@H](Br)[C@H]1O. The van der Waals surface area contributed by atoms with Gasteiger partial charge in [0.05, 0.1) is 11.2 Å². The standard InChI is InChI=1S/C15H18BrN5O6/c1-7(22)25-3-15(4-26-8(2)23)11(24)9(16)14(27-15)21-6-20-10-12(17)18-5-19-13(10)21/h5-6,9,11,14,24H,3-4H2,1-2H3,(H2,17,18,19)/t9-,11-,14-/m1/s1. The van der Waals surface area contributed by atoms with Crippen molar-refractivity contribution in [3.8, 4) is 0 Å². The number of esters is 2. The van der Waals surface area contributed by atoms with Gasteiger partial charge >= 0.3 is 11.9 Å². The maximum Gasteiger partial charge on any atom is 0.302 e. The van der Waals surface area contributed by atoms with E-state index in [1.165, 1.54) is 26.5 Å². The molecule has 11 nitrogen and oxygen atoms in total. The minimum absolute atomic E-state index is 0.203. The molecule has 3 rings (SSSR count). The highest BCUT2D eigenvalue weighted by Gasteiger charge is 2.56. The predicted octanol–water partition coefficient (Wildman–Crippen LogP) is -0.0733. The second-order valence-corrected chi connectivity index (χ2v) is 7.16. The van der Waals surface area contributed by atoms with Crippen molar-refractivity contribution in [3.63, 3.8) is 0 Å². The summed E-state index contributed by atoms with van der Waals surface area (Å²) in [5.74, 6) is -0.915. The average Bonchev–Trinajstić information content (AvgIpc) is 3.14. The summed E-state index contributed by atoms with van der Waals surface area (Å²) in [6, 6.07) is 0. The minimum atomic E-state index is -1.47. The zero-order valence-electron chi connectivity index (χ0n) is 14.5. The monoisotopic (exact) mass is 443 g/mol. The van der Waals surface area contributed by atoms with Gasteiger partial charge in [0.1, 0.15) is 31.2 Å². The molecule has 27 heavy (non-hydrogen) atoms. The minimum Gasteiger partial charge on any atom is -0.463 e. The molecule has 3 atom stereocenters. The maximum atomic E-state index is 11.3. The molecule has 3 heterocycles. The van der Waals surface area contributed by atoms with E-state index in [0.29, 0.717) is 11.2 Å². The van der Waals surface area contributed by atoms with Gasteiger partial charge in [-0.3, -0.25) is 14.2 Å². The molecule has 1 aliphatic heterocycles. The van der Waals surface area contributed by atoms with Crippen molar-refractivity contribution >= 4 is 44.9 Å². The van der Waals surface area contributed by atoms with Gasteiger partial charge in [-0.2, -0.15) is 0 Å². The first kappa shape index (κ1) is 19.5. The molecule has 12 heteroatoms. The molecule has 3 N–H and O–H groups in total. The molecule has 0 radical (unpaired) electrons. The van der Waals surface area contributed by atoms with Gasteiger partial charge in [-0.05, 0) is 0 Å². The zero-order chi connectivity index (χ0) is 19.8. The Kier molecular flexibility index (Phi) is 5.31. The zero-order valence-corrected chi connectivity index (χ0v) is 16.1. The highest BCUT2D eigenvalue weighted by molar-refractivity contribution is 9.09. The summed E-state index contributed by atoms with van der Waals surface area (Å²) in [4.78, 5) is 34.1. The number of halogens is 1. The number of aliphatic hydroxyl groups is 1. The largest absolute Gasteiger partial charge is 0.463 e. The topological polar surface area (TPSA) is 152 Å². The van der Waals surface area contributed by atoms with E-state index in [-0.39, 0.29) is 19.0 Å². The van der Waals surface area contributed by atoms with Gasteiger partial charge in [0, 0.05) is 13.8 Å². The fourth-order valence-corrected chi connectivity index (χ4v) is 3.66. The van der Waals surface area contributed by atoms with E-state index in [2.05, 4.69) is 30.9 Å². The third kappa shape index (κ3) is 3.59. The lowest BCUT2D eigenvalue weighted by Gasteiger charge is -2.30. The molecule has 2 aromatic heterocycles. The Morgan fingerprint density at radius 1 is 1.30 bits per heavy atom. The van der Waals surface area contributed by atoms with Crippen LogP contribution in [0.1, 0.15) is 20.1 Å². The number of alkyl halides is 1. The summed E-state index contributed by atoms with van der Waals surface area (Å²) < 4.78 is 17.7. The third-order valence-electron chi connectivity index (χ3n) is 4.17. The second-order valence-electron chi connectivity index (χ2n) is 6.11. The number of nitrogens with two attached hydrogens (primary N) is 1. The number of ether oxygens (including phenoxy) is 3. The fourth-order valence-electron chi connectivity index (χ4n) is 2.82. The maximum absolute atomic E-state index is 11.3. The molecule has 1 saturated heterocycles. The summed E-state index contributed by atoms with van der Waals surface area (Å²) in [6.07, 6.45) is 0.785. The number of carbonyl (C=O) groups excluding carboxylic acids is 2. The van der Waals surface area contributed by atoms with Gasteiger partial charge in [0.25, 0.3) is 0 Å². The Morgan fingerprint density at radius 2 is 1.93 bits per heavy atom. The number of imidazole rings is 1. The van der Waals surface area contributed by atoms with E-state index >= 15 is 0 Å². The van der Waals surface area contributed by atoms with Crippen molar-refractivity contribution < 1.29 is 28.9 Å². The van der Waals surface area contributed by atoms with Crippen molar-refractivity contribution in [1.29, 1.82) is 0 Å². The number of nitrogens with zero attached hydrogens (tertiary/aromatic N) is 4. The summed E-state index contributed by atoms with van der Waals surface area (Å²) in [5.41, 5.74) is 5.12. The molecular formula is C15H18BrN5O6. The first-order chi connectivity index (χ1) is 12.7. The van der Waals surface area contributed by atoms with E-state index in [0.717, 1.165) is 0 Å². The smallest absolute Gasteiger partial charge is 0.302 e.